The van der Waals surface area contributed by atoms with Crippen molar-refractivity contribution in [1.82, 2.24) is 0 Å². The van der Waals surface area contributed by atoms with Crippen LogP contribution in [0.15, 0.2) is 59.6 Å². The van der Waals surface area contributed by atoms with Crippen LogP contribution in [0.25, 0.3) is 0 Å². The van der Waals surface area contributed by atoms with Crippen molar-refractivity contribution in [3.05, 3.63) is 65.7 Å². The Morgan fingerprint density at radius 3 is 1.97 bits per heavy atom. The summed E-state index contributed by atoms with van der Waals surface area (Å²) in [5.74, 6) is 0.177. The average Bonchev–Trinajstić information content (AvgIpc) is 2.85. The normalized spacial score (nSPS) is 11.9. The number of nitrogens with zero attached hydrogens (tertiary/aromatic N) is 1. The van der Waals surface area contributed by atoms with Crippen LogP contribution in [0, 0.1) is 0 Å². The predicted octanol–water partition coefficient (Wildman–Crippen LogP) is 6.22. The molecule has 0 amide bonds. The molecular formula is C28H48N4Sn. The fourth-order valence-corrected chi connectivity index (χ4v) is 20.3. The molecule has 0 saturated heterocycles. The molecule has 1 atom stereocenters. The predicted molar refractivity (Wildman–Crippen MR) is 150 cm³/mol. The Hall–Kier alpha value is -1.53. The first-order valence-corrected chi connectivity index (χ1v) is 20.4. The minimum atomic E-state index is -2.30. The van der Waals surface area contributed by atoms with E-state index in [0.29, 0.717) is 6.54 Å². The van der Waals surface area contributed by atoms with Crippen LogP contribution in [0.3, 0.4) is 0 Å². The summed E-state index contributed by atoms with van der Waals surface area (Å²) in [4.78, 5) is 4.18. The van der Waals surface area contributed by atoms with Gasteiger partial charge < -0.3 is 5.73 Å². The zero-order valence-electron chi connectivity index (χ0n) is 21.5. The summed E-state index contributed by atoms with van der Waals surface area (Å²) in [6, 6.07) is 19.6. The van der Waals surface area contributed by atoms with Gasteiger partial charge in [-0.2, -0.15) is 0 Å². The number of nitrogens with two attached hydrogens (primary N) is 3. The second-order valence-electron chi connectivity index (χ2n) is 9.10. The second-order valence-corrected chi connectivity index (χ2v) is 22.3. The standard InChI is InChI=1S/C9H13N.C8H10N3.2C4H9.C3H7.Sn/c1-2-9(10)8-6-4-3-5-7-8;9-8(10)11-6-7-4-2-1-3-5-7;2*1-3-4-2;1-3-2;/h3-7,9H,2,10H2,1H3;1-2,4-5H,6H2,(H4,9,10,11);2*1,3-4H2,2H3;1,3H2,2H3;. The molecular weight excluding hydrogens is 511 g/mol. The van der Waals surface area contributed by atoms with Crippen molar-refractivity contribution in [2.75, 3.05) is 0 Å². The summed E-state index contributed by atoms with van der Waals surface area (Å²) < 4.78 is 6.14. The maximum absolute atomic E-state index is 5.79. The fourth-order valence-electron chi connectivity index (χ4n) is 4.43. The Balaban J connectivity index is 0.000000451. The molecule has 2 aromatic rings. The number of unbranched alkanes of at least 4 members (excludes halogenated alkanes) is 2. The van der Waals surface area contributed by atoms with Gasteiger partial charge in [0, 0.05) is 6.04 Å². The number of rotatable bonds is 13. The molecule has 6 N–H and O–H groups in total. The van der Waals surface area contributed by atoms with Gasteiger partial charge in [-0.15, -0.1) is 0 Å². The van der Waals surface area contributed by atoms with E-state index < -0.39 is 18.4 Å². The topological polar surface area (TPSA) is 90.4 Å². The molecule has 184 valence electrons. The molecule has 0 aromatic heterocycles. The average molecular weight is 559 g/mol. The van der Waals surface area contributed by atoms with Crippen molar-refractivity contribution in [3.8, 4) is 0 Å². The van der Waals surface area contributed by atoms with Crippen LogP contribution in [0.1, 0.15) is 83.4 Å². The number of hydrogen-bond acceptors (Lipinski definition) is 2. The third kappa shape index (κ3) is 11.0. The Morgan fingerprint density at radius 1 is 0.818 bits per heavy atom. The molecule has 4 nitrogen and oxygen atoms in total. The van der Waals surface area contributed by atoms with E-state index in [1.807, 2.05) is 18.2 Å². The van der Waals surface area contributed by atoms with Crippen LogP contribution in [0.4, 0.5) is 0 Å². The second kappa shape index (κ2) is 17.0. The van der Waals surface area contributed by atoms with Crippen molar-refractivity contribution >= 4 is 27.9 Å². The van der Waals surface area contributed by atoms with E-state index in [1.165, 1.54) is 56.5 Å². The van der Waals surface area contributed by atoms with Crippen molar-refractivity contribution in [1.29, 1.82) is 0 Å². The van der Waals surface area contributed by atoms with Gasteiger partial charge in [0.15, 0.2) is 0 Å². The van der Waals surface area contributed by atoms with Crippen molar-refractivity contribution in [3.63, 3.8) is 0 Å². The molecule has 0 aliphatic heterocycles. The molecule has 2 rings (SSSR count). The van der Waals surface area contributed by atoms with Crippen LogP contribution in [-0.2, 0) is 6.54 Å². The van der Waals surface area contributed by atoms with Crippen LogP contribution < -0.4 is 20.8 Å². The van der Waals surface area contributed by atoms with E-state index >= 15 is 0 Å². The molecule has 0 aliphatic rings. The molecule has 33 heavy (non-hydrogen) atoms. The first-order valence-electron chi connectivity index (χ1n) is 12.9. The molecule has 0 spiro atoms. The molecule has 0 heterocycles. The summed E-state index contributed by atoms with van der Waals surface area (Å²) in [6.45, 7) is 9.69. The van der Waals surface area contributed by atoms with Crippen molar-refractivity contribution < 1.29 is 0 Å². The molecule has 0 radical (unpaired) electrons. The van der Waals surface area contributed by atoms with Gasteiger partial charge >= 0.3 is 147 Å². The number of benzene rings is 2. The van der Waals surface area contributed by atoms with Gasteiger partial charge in [0.25, 0.3) is 0 Å². The first-order chi connectivity index (χ1) is 15.9. The fraction of sp³-hybridized carbons (Fsp3) is 0.536. The molecule has 5 heteroatoms. The molecule has 1 unspecified atom stereocenters. The van der Waals surface area contributed by atoms with Crippen LogP contribution >= 0.6 is 0 Å². The van der Waals surface area contributed by atoms with Crippen LogP contribution in [0.5, 0.6) is 0 Å². The van der Waals surface area contributed by atoms with Crippen molar-refractivity contribution in [2.24, 2.45) is 22.2 Å². The Labute approximate surface area is 207 Å². The van der Waals surface area contributed by atoms with Gasteiger partial charge in [-0.05, 0) is 12.0 Å². The maximum atomic E-state index is 5.79. The van der Waals surface area contributed by atoms with Gasteiger partial charge in [0.2, 0.25) is 0 Å². The molecule has 2 aromatic carbocycles. The van der Waals surface area contributed by atoms with Gasteiger partial charge in [-0.3, -0.25) is 0 Å². The van der Waals surface area contributed by atoms with Gasteiger partial charge in [0.05, 0.1) is 0 Å². The first kappa shape index (κ1) is 29.5. The molecule has 0 bridgehead atoms. The summed E-state index contributed by atoms with van der Waals surface area (Å²) in [5.41, 5.74) is 19.2. The van der Waals surface area contributed by atoms with Crippen LogP contribution in [-0.4, -0.2) is 24.3 Å². The Kier molecular flexibility index (Phi) is 15.2. The zero-order chi connectivity index (χ0) is 24.5. The molecule has 0 fully saturated rings. The van der Waals surface area contributed by atoms with Crippen molar-refractivity contribution in [2.45, 2.75) is 92.1 Å². The summed E-state index contributed by atoms with van der Waals surface area (Å²) >= 11 is -2.30. The van der Waals surface area contributed by atoms with E-state index in [-0.39, 0.29) is 12.0 Å². The quantitative estimate of drug-likeness (QED) is 0.155. The van der Waals surface area contributed by atoms with Crippen LogP contribution in [0.2, 0.25) is 13.3 Å². The monoisotopic (exact) mass is 560 g/mol. The Morgan fingerprint density at radius 2 is 1.45 bits per heavy atom. The summed E-state index contributed by atoms with van der Waals surface area (Å²) in [7, 11) is 0. The molecule has 0 saturated carbocycles. The molecule has 0 aliphatic carbocycles. The SMILES string of the molecule is CCC(N)c1ccccc1.CCC[CH2][Sn]([CH2]CC)([CH2]CCC)[c]1cccc(CN=C(N)N)c1. The van der Waals surface area contributed by atoms with Gasteiger partial charge in [-0.1, -0.05) is 37.3 Å². The van der Waals surface area contributed by atoms with E-state index in [1.54, 1.807) is 3.58 Å². The minimum absolute atomic E-state index is 0.177. The number of guanidine groups is 1. The van der Waals surface area contributed by atoms with Gasteiger partial charge in [-0.25, -0.2) is 0 Å². The number of hydrogen-bond donors (Lipinski definition) is 3. The van der Waals surface area contributed by atoms with Gasteiger partial charge in [0.1, 0.15) is 0 Å². The van der Waals surface area contributed by atoms with E-state index in [4.69, 9.17) is 17.2 Å². The summed E-state index contributed by atoms with van der Waals surface area (Å²) in [6.07, 6.45) is 7.71. The zero-order valence-corrected chi connectivity index (χ0v) is 24.4. The van der Waals surface area contributed by atoms with E-state index in [0.717, 1.165) is 6.42 Å². The van der Waals surface area contributed by atoms with E-state index in [9.17, 15) is 0 Å². The van der Waals surface area contributed by atoms with E-state index in [2.05, 4.69) is 69.1 Å². The third-order valence-electron chi connectivity index (χ3n) is 6.40. The Bertz CT molecular complexity index is 779. The third-order valence-corrected chi connectivity index (χ3v) is 22.4. The number of aliphatic imine (C=N–C) groups is 1. The summed E-state index contributed by atoms with van der Waals surface area (Å²) in [5, 5.41) is 0.